The number of rotatable bonds is 2. The zero-order valence-corrected chi connectivity index (χ0v) is 10.0. The topological polar surface area (TPSA) is 12.0 Å². The second kappa shape index (κ2) is 8.12. The molecule has 1 aromatic carbocycles. The molecule has 14 heavy (non-hydrogen) atoms. The molecular formula is C12H20LiN. The molecule has 0 radical (unpaired) electrons. The summed E-state index contributed by atoms with van der Waals surface area (Å²) in [5.74, 6) is 0. The minimum absolute atomic E-state index is 0.625. The second-order valence-corrected chi connectivity index (χ2v) is 4.13. The zero-order chi connectivity index (χ0) is 11.0. The predicted octanol–water partition coefficient (Wildman–Crippen LogP) is 1.87. The van der Waals surface area contributed by atoms with E-state index in [1.54, 1.807) is 0 Å². The summed E-state index contributed by atoms with van der Waals surface area (Å²) in [5, 5.41) is 3.31. The molecule has 1 aromatic rings. The molecule has 1 N–H and O–H groups in total. The molecular weight excluding hydrogens is 165 g/mol. The molecule has 0 atom stereocenters. The van der Waals surface area contributed by atoms with Crippen molar-refractivity contribution < 1.29 is 0 Å². The van der Waals surface area contributed by atoms with E-state index in [0.717, 1.165) is 0 Å². The first kappa shape index (κ1) is 13.8. The number of nitrogens with one attached hydrogen (secondary N) is 1. The maximum atomic E-state index is 3.31. The average Bonchev–Trinajstić information content (AvgIpc) is 2.03. The number of hydrogen-bond donors (Lipinski definition) is 1. The summed E-state index contributed by atoms with van der Waals surface area (Å²) in [5.41, 5.74) is 0. The molecule has 0 bridgehead atoms. The van der Waals surface area contributed by atoms with Crippen LogP contribution in [0.3, 0.4) is 0 Å². The Bertz CT molecular complexity index is 213. The van der Waals surface area contributed by atoms with Gasteiger partial charge in [0.05, 0.1) is 0 Å². The molecule has 0 saturated carbocycles. The van der Waals surface area contributed by atoms with Gasteiger partial charge in [-0.3, -0.25) is 0 Å². The molecule has 0 saturated heterocycles. The van der Waals surface area contributed by atoms with E-state index in [9.17, 15) is 0 Å². The summed E-state index contributed by atoms with van der Waals surface area (Å²) < 4.78 is 1.32. The van der Waals surface area contributed by atoms with Gasteiger partial charge in [0.2, 0.25) is 0 Å². The Hall–Kier alpha value is -0.223. The Morgan fingerprint density at radius 1 is 0.929 bits per heavy atom. The van der Waals surface area contributed by atoms with E-state index in [-0.39, 0.29) is 0 Å². The fraction of sp³-hybridized carbons (Fsp3) is 0.500. The van der Waals surface area contributed by atoms with Gasteiger partial charge in [-0.25, -0.2) is 0 Å². The SMILES string of the molecule is CC(C)NC(C)C.[Li][c]1ccccc1. The van der Waals surface area contributed by atoms with Gasteiger partial charge in [0.15, 0.2) is 0 Å². The van der Waals surface area contributed by atoms with Gasteiger partial charge in [-0.2, -0.15) is 0 Å². The second-order valence-electron chi connectivity index (χ2n) is 4.13. The monoisotopic (exact) mass is 185 g/mol. The van der Waals surface area contributed by atoms with Crippen LogP contribution in [0.15, 0.2) is 30.3 Å². The molecule has 0 aliphatic rings. The first-order valence-electron chi connectivity index (χ1n) is 5.30. The van der Waals surface area contributed by atoms with Crippen molar-refractivity contribution in [3.05, 3.63) is 30.3 Å². The Morgan fingerprint density at radius 2 is 1.36 bits per heavy atom. The molecule has 0 aromatic heterocycles. The van der Waals surface area contributed by atoms with Gasteiger partial charge in [0.25, 0.3) is 0 Å². The third-order valence-corrected chi connectivity index (χ3v) is 1.61. The first-order chi connectivity index (χ1) is 6.52. The number of benzene rings is 1. The quantitative estimate of drug-likeness (QED) is 0.694. The Morgan fingerprint density at radius 3 is 1.50 bits per heavy atom. The molecule has 2 heteroatoms. The molecule has 0 unspecified atom stereocenters. The molecule has 74 valence electrons. The van der Waals surface area contributed by atoms with Crippen molar-refractivity contribution in [2.45, 2.75) is 39.8 Å². The third kappa shape index (κ3) is 9.86. The van der Waals surface area contributed by atoms with Gasteiger partial charge in [0.1, 0.15) is 0 Å². The summed E-state index contributed by atoms with van der Waals surface area (Å²) in [7, 11) is 0. The van der Waals surface area contributed by atoms with Crippen LogP contribution in [-0.4, -0.2) is 29.8 Å². The van der Waals surface area contributed by atoms with Gasteiger partial charge in [-0.15, -0.1) is 0 Å². The average molecular weight is 185 g/mol. The summed E-state index contributed by atoms with van der Waals surface area (Å²) in [4.78, 5) is 0. The van der Waals surface area contributed by atoms with E-state index in [1.807, 2.05) is 18.2 Å². The number of hydrogen-bond acceptors (Lipinski definition) is 1. The molecule has 1 nitrogen and oxygen atoms in total. The summed E-state index contributed by atoms with van der Waals surface area (Å²) in [6.45, 7) is 8.61. The van der Waals surface area contributed by atoms with E-state index in [2.05, 4.69) is 62.9 Å². The Labute approximate surface area is 97.5 Å². The molecule has 0 aliphatic heterocycles. The minimum atomic E-state index is 0.625. The van der Waals surface area contributed by atoms with Crippen LogP contribution in [0.25, 0.3) is 0 Å². The summed E-state index contributed by atoms with van der Waals surface area (Å²) in [6.07, 6.45) is 0. The fourth-order valence-corrected chi connectivity index (χ4v) is 1.20. The van der Waals surface area contributed by atoms with Crippen LogP contribution in [0, 0.1) is 0 Å². The van der Waals surface area contributed by atoms with Crippen molar-refractivity contribution in [3.8, 4) is 0 Å². The van der Waals surface area contributed by atoms with Gasteiger partial charge >= 0.3 is 52.3 Å². The normalized spacial score (nSPS) is 10.0. The van der Waals surface area contributed by atoms with Crippen molar-refractivity contribution in [2.75, 3.05) is 0 Å². The van der Waals surface area contributed by atoms with Crippen molar-refractivity contribution in [1.82, 2.24) is 5.32 Å². The van der Waals surface area contributed by atoms with E-state index in [4.69, 9.17) is 0 Å². The van der Waals surface area contributed by atoms with Gasteiger partial charge < -0.3 is 5.32 Å². The van der Waals surface area contributed by atoms with Gasteiger partial charge in [0, 0.05) is 12.1 Å². The predicted molar refractivity (Wildman–Crippen MR) is 65.2 cm³/mol. The third-order valence-electron chi connectivity index (χ3n) is 1.61. The van der Waals surface area contributed by atoms with Crippen LogP contribution < -0.4 is 9.55 Å². The van der Waals surface area contributed by atoms with Gasteiger partial charge in [-0.1, -0.05) is 27.7 Å². The maximum absolute atomic E-state index is 3.31. The van der Waals surface area contributed by atoms with Crippen LogP contribution in [0.2, 0.25) is 0 Å². The van der Waals surface area contributed by atoms with Crippen LogP contribution >= 0.6 is 0 Å². The molecule has 0 fully saturated rings. The van der Waals surface area contributed by atoms with Crippen molar-refractivity contribution >= 4 is 22.0 Å². The van der Waals surface area contributed by atoms with Crippen molar-refractivity contribution in [1.29, 1.82) is 0 Å². The van der Waals surface area contributed by atoms with Crippen LogP contribution in [0.1, 0.15) is 27.7 Å². The van der Waals surface area contributed by atoms with Crippen LogP contribution in [0.4, 0.5) is 0 Å². The Kier molecular flexibility index (Phi) is 7.99. The Balaban J connectivity index is 0.000000241. The van der Waals surface area contributed by atoms with Gasteiger partial charge in [-0.05, 0) is 0 Å². The molecule has 0 amide bonds. The van der Waals surface area contributed by atoms with Crippen LogP contribution in [-0.2, 0) is 0 Å². The summed E-state index contributed by atoms with van der Waals surface area (Å²) in [6, 6.07) is 11.5. The summed E-state index contributed by atoms with van der Waals surface area (Å²) >= 11 is 2.08. The molecule has 0 heterocycles. The molecule has 0 aliphatic carbocycles. The zero-order valence-electron chi connectivity index (χ0n) is 10.0. The van der Waals surface area contributed by atoms with Crippen molar-refractivity contribution in [3.63, 3.8) is 0 Å². The van der Waals surface area contributed by atoms with E-state index in [1.165, 1.54) is 4.24 Å². The fourth-order valence-electron chi connectivity index (χ4n) is 1.20. The first-order valence-corrected chi connectivity index (χ1v) is 5.30. The van der Waals surface area contributed by atoms with E-state index in [0.29, 0.717) is 12.1 Å². The van der Waals surface area contributed by atoms with Crippen LogP contribution in [0.5, 0.6) is 0 Å². The van der Waals surface area contributed by atoms with Crippen molar-refractivity contribution in [2.24, 2.45) is 0 Å². The van der Waals surface area contributed by atoms with E-state index >= 15 is 0 Å². The standard InChI is InChI=1S/C6H15N.C6H5.Li/c1-5(2)7-6(3)4;1-2-4-6-5-3-1;/h5-7H,1-4H3;1-5H;. The van der Waals surface area contributed by atoms with E-state index < -0.39 is 0 Å². The molecule has 1 rings (SSSR count). The molecule has 0 spiro atoms.